The normalized spacial score (nSPS) is 28.1. The van der Waals surface area contributed by atoms with Crippen LogP contribution in [-0.4, -0.2) is 42.5 Å². The van der Waals surface area contributed by atoms with Gasteiger partial charge in [0.05, 0.1) is 6.10 Å². The molecule has 3 atom stereocenters. The molecule has 5 nitrogen and oxygen atoms in total. The molecule has 0 saturated carbocycles. The standard InChI is InChI=1S/C15H19NO4/c17-15(18)14-6-5-11(19-14)8-16-9-12-7-10-3-1-2-4-13(10)20-12/h1-4,11-12,14,16H,5-9H2,(H,17,18). The van der Waals surface area contributed by atoms with Gasteiger partial charge >= 0.3 is 5.97 Å². The number of hydrogen-bond donors (Lipinski definition) is 2. The number of ether oxygens (including phenoxy) is 2. The zero-order chi connectivity index (χ0) is 13.9. The lowest BCUT2D eigenvalue weighted by Gasteiger charge is -2.15. The maximum atomic E-state index is 10.8. The Hall–Kier alpha value is -1.59. The van der Waals surface area contributed by atoms with Crippen LogP contribution in [0.15, 0.2) is 24.3 Å². The largest absolute Gasteiger partial charge is 0.488 e. The summed E-state index contributed by atoms with van der Waals surface area (Å²) in [5.74, 6) is 0.115. The third kappa shape index (κ3) is 2.94. The Labute approximate surface area is 117 Å². The molecule has 0 bridgehead atoms. The molecule has 1 aromatic rings. The van der Waals surface area contributed by atoms with Crippen LogP contribution < -0.4 is 10.1 Å². The smallest absolute Gasteiger partial charge is 0.332 e. The van der Waals surface area contributed by atoms with Gasteiger partial charge in [-0.1, -0.05) is 18.2 Å². The van der Waals surface area contributed by atoms with Gasteiger partial charge in [-0.3, -0.25) is 0 Å². The predicted octanol–water partition coefficient (Wildman–Crippen LogP) is 1.21. The molecule has 0 amide bonds. The summed E-state index contributed by atoms with van der Waals surface area (Å²) in [5, 5.41) is 12.2. The molecule has 0 spiro atoms. The number of carboxylic acid groups (broad SMARTS) is 1. The molecule has 3 rings (SSSR count). The summed E-state index contributed by atoms with van der Waals surface area (Å²) in [7, 11) is 0. The molecule has 0 radical (unpaired) electrons. The lowest BCUT2D eigenvalue weighted by Crippen LogP contribution is -2.35. The van der Waals surface area contributed by atoms with Gasteiger partial charge in [0.2, 0.25) is 0 Å². The van der Waals surface area contributed by atoms with Crippen LogP contribution >= 0.6 is 0 Å². The van der Waals surface area contributed by atoms with E-state index in [1.54, 1.807) is 0 Å². The van der Waals surface area contributed by atoms with Crippen LogP contribution in [0.25, 0.3) is 0 Å². The van der Waals surface area contributed by atoms with Gasteiger partial charge < -0.3 is 19.9 Å². The molecule has 0 aromatic heterocycles. The molecule has 1 fully saturated rings. The number of nitrogens with one attached hydrogen (secondary N) is 1. The summed E-state index contributed by atoms with van der Waals surface area (Å²) in [4.78, 5) is 10.8. The second-order valence-corrected chi connectivity index (χ2v) is 5.37. The van der Waals surface area contributed by atoms with Crippen molar-refractivity contribution in [1.82, 2.24) is 5.32 Å². The number of fused-ring (bicyclic) bond motifs is 1. The third-order valence-electron chi connectivity index (χ3n) is 3.84. The van der Waals surface area contributed by atoms with E-state index in [0.717, 1.165) is 25.1 Å². The molecule has 20 heavy (non-hydrogen) atoms. The van der Waals surface area contributed by atoms with Crippen molar-refractivity contribution >= 4 is 5.97 Å². The minimum Gasteiger partial charge on any atom is -0.488 e. The van der Waals surface area contributed by atoms with E-state index >= 15 is 0 Å². The highest BCUT2D eigenvalue weighted by molar-refractivity contribution is 5.72. The molecule has 2 N–H and O–H groups in total. The van der Waals surface area contributed by atoms with Gasteiger partial charge in [0.15, 0.2) is 6.10 Å². The first-order chi connectivity index (χ1) is 9.72. The molecule has 0 aliphatic carbocycles. The van der Waals surface area contributed by atoms with Crippen LogP contribution in [0.1, 0.15) is 18.4 Å². The molecule has 2 aliphatic rings. The zero-order valence-corrected chi connectivity index (χ0v) is 11.2. The number of rotatable bonds is 5. The Bertz CT molecular complexity index is 466. The van der Waals surface area contributed by atoms with Crippen LogP contribution in [0, 0.1) is 0 Å². The van der Waals surface area contributed by atoms with E-state index in [1.165, 1.54) is 5.56 Å². The van der Waals surface area contributed by atoms with E-state index in [0.29, 0.717) is 13.0 Å². The van der Waals surface area contributed by atoms with Gasteiger partial charge in [0, 0.05) is 19.5 Å². The average Bonchev–Trinajstić information content (AvgIpc) is 3.04. The Kier molecular flexibility index (Phi) is 3.89. The fourth-order valence-corrected chi connectivity index (χ4v) is 2.81. The molecule has 1 aromatic carbocycles. The van der Waals surface area contributed by atoms with Gasteiger partial charge in [0.25, 0.3) is 0 Å². The van der Waals surface area contributed by atoms with Crippen molar-refractivity contribution in [3.05, 3.63) is 29.8 Å². The van der Waals surface area contributed by atoms with Gasteiger partial charge in [-0.25, -0.2) is 4.79 Å². The highest BCUT2D eigenvalue weighted by Crippen LogP contribution is 2.27. The van der Waals surface area contributed by atoms with Crippen molar-refractivity contribution in [3.63, 3.8) is 0 Å². The summed E-state index contributed by atoms with van der Waals surface area (Å²) in [6.45, 7) is 1.44. The second kappa shape index (κ2) is 5.81. The predicted molar refractivity (Wildman–Crippen MR) is 73.0 cm³/mol. The first kappa shape index (κ1) is 13.4. The first-order valence-corrected chi connectivity index (χ1v) is 7.06. The second-order valence-electron chi connectivity index (χ2n) is 5.37. The lowest BCUT2D eigenvalue weighted by atomic mass is 10.1. The summed E-state index contributed by atoms with van der Waals surface area (Å²) < 4.78 is 11.3. The van der Waals surface area contributed by atoms with Crippen LogP contribution in [0.5, 0.6) is 5.75 Å². The van der Waals surface area contributed by atoms with Crippen molar-refractivity contribution in [2.24, 2.45) is 0 Å². The number of hydrogen-bond acceptors (Lipinski definition) is 4. The van der Waals surface area contributed by atoms with E-state index in [-0.39, 0.29) is 12.2 Å². The average molecular weight is 277 g/mol. The van der Waals surface area contributed by atoms with Crippen molar-refractivity contribution in [1.29, 1.82) is 0 Å². The third-order valence-corrected chi connectivity index (χ3v) is 3.84. The molecule has 2 aliphatic heterocycles. The molecule has 3 unspecified atom stereocenters. The van der Waals surface area contributed by atoms with Crippen LogP contribution in [0.2, 0.25) is 0 Å². The fourth-order valence-electron chi connectivity index (χ4n) is 2.81. The summed E-state index contributed by atoms with van der Waals surface area (Å²) >= 11 is 0. The van der Waals surface area contributed by atoms with Gasteiger partial charge in [-0.2, -0.15) is 0 Å². The summed E-state index contributed by atoms with van der Waals surface area (Å²) in [6.07, 6.45) is 1.85. The van der Waals surface area contributed by atoms with E-state index in [4.69, 9.17) is 14.6 Å². The van der Waals surface area contributed by atoms with Crippen molar-refractivity contribution in [2.75, 3.05) is 13.1 Å². The van der Waals surface area contributed by atoms with E-state index in [1.807, 2.05) is 18.2 Å². The van der Waals surface area contributed by atoms with E-state index in [2.05, 4.69) is 11.4 Å². The quantitative estimate of drug-likeness (QED) is 0.847. The molecular weight excluding hydrogens is 258 g/mol. The first-order valence-electron chi connectivity index (χ1n) is 7.06. The van der Waals surface area contributed by atoms with Crippen LogP contribution in [-0.2, 0) is 16.0 Å². The topological polar surface area (TPSA) is 67.8 Å². The molecule has 5 heteroatoms. The number of carbonyl (C=O) groups is 1. The van der Waals surface area contributed by atoms with Crippen molar-refractivity contribution in [3.8, 4) is 5.75 Å². The summed E-state index contributed by atoms with van der Waals surface area (Å²) in [5.41, 5.74) is 1.25. The molecule has 1 saturated heterocycles. The van der Waals surface area contributed by atoms with Gasteiger partial charge in [-0.15, -0.1) is 0 Å². The maximum absolute atomic E-state index is 10.8. The monoisotopic (exact) mass is 277 g/mol. The number of para-hydroxylation sites is 1. The number of benzene rings is 1. The Morgan fingerprint density at radius 3 is 2.80 bits per heavy atom. The molecule has 2 heterocycles. The van der Waals surface area contributed by atoms with E-state index in [9.17, 15) is 4.79 Å². The maximum Gasteiger partial charge on any atom is 0.332 e. The van der Waals surface area contributed by atoms with E-state index < -0.39 is 12.1 Å². The van der Waals surface area contributed by atoms with Gasteiger partial charge in [-0.05, 0) is 24.5 Å². The highest BCUT2D eigenvalue weighted by atomic mass is 16.5. The Morgan fingerprint density at radius 2 is 2.05 bits per heavy atom. The lowest BCUT2D eigenvalue weighted by molar-refractivity contribution is -0.149. The Morgan fingerprint density at radius 1 is 1.25 bits per heavy atom. The number of carboxylic acids is 1. The zero-order valence-electron chi connectivity index (χ0n) is 11.2. The number of aliphatic carboxylic acids is 1. The summed E-state index contributed by atoms with van der Waals surface area (Å²) in [6, 6.07) is 8.09. The molecular formula is C15H19NO4. The van der Waals surface area contributed by atoms with Crippen molar-refractivity contribution in [2.45, 2.75) is 37.6 Å². The molecule has 108 valence electrons. The SMILES string of the molecule is O=C(O)C1CCC(CNCC2Cc3ccccc3O2)O1. The van der Waals surface area contributed by atoms with Crippen LogP contribution in [0.3, 0.4) is 0 Å². The highest BCUT2D eigenvalue weighted by Gasteiger charge is 2.30. The minimum atomic E-state index is -0.859. The van der Waals surface area contributed by atoms with Crippen LogP contribution in [0.4, 0.5) is 0 Å². The fraction of sp³-hybridized carbons (Fsp3) is 0.533. The Balaban J connectivity index is 1.39. The van der Waals surface area contributed by atoms with Crippen molar-refractivity contribution < 1.29 is 19.4 Å². The minimum absolute atomic E-state index is 0.000113. The van der Waals surface area contributed by atoms with Gasteiger partial charge in [0.1, 0.15) is 11.9 Å².